The highest BCUT2D eigenvalue weighted by Crippen LogP contribution is 2.35. The first-order valence-electron chi connectivity index (χ1n) is 4.69. The number of rotatable bonds is 3. The number of furan rings is 1. The summed E-state index contributed by atoms with van der Waals surface area (Å²) in [6.07, 6.45) is 2.99. The van der Waals surface area contributed by atoms with Gasteiger partial charge in [0, 0.05) is 6.20 Å². The second-order valence-corrected chi connectivity index (χ2v) is 4.63. The largest absolute Gasteiger partial charge is 0.478 e. The highest BCUT2D eigenvalue weighted by atomic mass is 35.5. The van der Waals surface area contributed by atoms with E-state index >= 15 is 0 Å². The second kappa shape index (κ2) is 4.81. The monoisotopic (exact) mass is 269 g/mol. The first-order valence-corrected chi connectivity index (χ1v) is 5.89. The molecule has 0 spiro atoms. The summed E-state index contributed by atoms with van der Waals surface area (Å²) in [5, 5.41) is 9.53. The number of aryl methyl sites for hydroxylation is 1. The van der Waals surface area contributed by atoms with Crippen LogP contribution in [0.25, 0.3) is 0 Å². The third-order valence-corrected chi connectivity index (χ3v) is 3.75. The fraction of sp³-hybridized carbons (Fsp3) is 0.0909. The van der Waals surface area contributed by atoms with Gasteiger partial charge in [-0.1, -0.05) is 23.4 Å². The maximum Gasteiger partial charge on any atom is 0.337 e. The topological polar surface area (TPSA) is 63.3 Å². The lowest BCUT2D eigenvalue weighted by Crippen LogP contribution is -1.99. The summed E-state index contributed by atoms with van der Waals surface area (Å²) in [7, 11) is 0. The van der Waals surface area contributed by atoms with Crippen molar-refractivity contribution in [3.8, 4) is 0 Å². The van der Waals surface area contributed by atoms with E-state index in [1.807, 2.05) is 6.92 Å². The molecule has 0 saturated heterocycles. The Labute approximate surface area is 107 Å². The van der Waals surface area contributed by atoms with Gasteiger partial charge in [-0.15, -0.1) is 0 Å². The molecule has 0 bridgehead atoms. The molecular weight excluding hydrogens is 262 g/mol. The molecule has 17 heavy (non-hydrogen) atoms. The zero-order valence-electron chi connectivity index (χ0n) is 8.81. The van der Waals surface area contributed by atoms with E-state index in [0.29, 0.717) is 5.03 Å². The SMILES string of the molecule is Cc1occc1Sc1nccc(C(=O)O)c1Cl. The third-order valence-electron chi connectivity index (χ3n) is 2.11. The molecular formula is C11H8ClNO3S. The van der Waals surface area contributed by atoms with Gasteiger partial charge in [0.05, 0.1) is 21.7 Å². The van der Waals surface area contributed by atoms with Crippen LogP contribution < -0.4 is 0 Å². The van der Waals surface area contributed by atoms with Crippen molar-refractivity contribution in [1.82, 2.24) is 4.98 Å². The smallest absolute Gasteiger partial charge is 0.337 e. The number of hydrogen-bond acceptors (Lipinski definition) is 4. The quantitative estimate of drug-likeness (QED) is 0.924. The van der Waals surface area contributed by atoms with Gasteiger partial charge in [-0.2, -0.15) is 0 Å². The van der Waals surface area contributed by atoms with Crippen LogP contribution in [0.1, 0.15) is 16.1 Å². The number of carboxylic acid groups (broad SMARTS) is 1. The number of aromatic carboxylic acids is 1. The summed E-state index contributed by atoms with van der Waals surface area (Å²) < 4.78 is 5.15. The molecule has 0 atom stereocenters. The first-order chi connectivity index (χ1) is 8.09. The molecule has 0 aliphatic rings. The van der Waals surface area contributed by atoms with Crippen LogP contribution in [0.2, 0.25) is 5.02 Å². The number of carbonyl (C=O) groups is 1. The maximum atomic E-state index is 10.9. The van der Waals surface area contributed by atoms with Crippen molar-refractivity contribution in [3.05, 3.63) is 40.9 Å². The van der Waals surface area contributed by atoms with Gasteiger partial charge < -0.3 is 9.52 Å². The van der Waals surface area contributed by atoms with Crippen LogP contribution >= 0.6 is 23.4 Å². The second-order valence-electron chi connectivity index (χ2n) is 3.23. The summed E-state index contributed by atoms with van der Waals surface area (Å²) in [6, 6.07) is 3.16. The highest BCUT2D eigenvalue weighted by Gasteiger charge is 2.15. The van der Waals surface area contributed by atoms with Gasteiger partial charge in [0.25, 0.3) is 0 Å². The van der Waals surface area contributed by atoms with Crippen molar-refractivity contribution in [3.63, 3.8) is 0 Å². The van der Waals surface area contributed by atoms with Crippen LogP contribution in [0, 0.1) is 6.92 Å². The van der Waals surface area contributed by atoms with E-state index in [2.05, 4.69) is 4.98 Å². The number of carboxylic acids is 1. The summed E-state index contributed by atoms with van der Waals surface area (Å²) in [6.45, 7) is 1.82. The van der Waals surface area contributed by atoms with Crippen molar-refractivity contribution in [1.29, 1.82) is 0 Å². The Morgan fingerprint density at radius 3 is 2.88 bits per heavy atom. The minimum absolute atomic E-state index is 0.0466. The molecule has 6 heteroatoms. The Hall–Kier alpha value is -1.46. The Morgan fingerprint density at radius 2 is 2.29 bits per heavy atom. The molecule has 0 unspecified atom stereocenters. The van der Waals surface area contributed by atoms with Gasteiger partial charge in [-0.3, -0.25) is 0 Å². The Morgan fingerprint density at radius 1 is 1.53 bits per heavy atom. The van der Waals surface area contributed by atoms with Crippen molar-refractivity contribution in [2.75, 3.05) is 0 Å². The van der Waals surface area contributed by atoms with Crippen LogP contribution in [-0.2, 0) is 0 Å². The predicted molar refractivity (Wildman–Crippen MR) is 63.8 cm³/mol. The summed E-state index contributed by atoms with van der Waals surface area (Å²) in [4.78, 5) is 15.8. The molecule has 0 radical (unpaired) electrons. The lowest BCUT2D eigenvalue weighted by atomic mass is 10.3. The van der Waals surface area contributed by atoms with Gasteiger partial charge in [0.2, 0.25) is 0 Å². The zero-order valence-corrected chi connectivity index (χ0v) is 10.4. The predicted octanol–water partition coefficient (Wildman–Crippen LogP) is 3.49. The molecule has 0 saturated carbocycles. The fourth-order valence-corrected chi connectivity index (χ4v) is 2.39. The number of halogens is 1. The molecule has 2 aromatic rings. The summed E-state index contributed by atoms with van der Waals surface area (Å²) in [5.41, 5.74) is 0.0466. The molecule has 0 aliphatic heterocycles. The van der Waals surface area contributed by atoms with Gasteiger partial charge in [-0.05, 0) is 19.1 Å². The van der Waals surface area contributed by atoms with Gasteiger partial charge in [0.1, 0.15) is 10.8 Å². The van der Waals surface area contributed by atoms with Gasteiger partial charge >= 0.3 is 5.97 Å². The normalized spacial score (nSPS) is 10.5. The first kappa shape index (κ1) is 12.0. The molecule has 0 fully saturated rings. The van der Waals surface area contributed by atoms with E-state index in [0.717, 1.165) is 10.7 Å². The lowest BCUT2D eigenvalue weighted by Gasteiger charge is -2.04. The van der Waals surface area contributed by atoms with Crippen LogP contribution in [0.5, 0.6) is 0 Å². The Balaban J connectivity index is 2.37. The molecule has 4 nitrogen and oxygen atoms in total. The van der Waals surface area contributed by atoms with E-state index in [1.54, 1.807) is 12.3 Å². The van der Waals surface area contributed by atoms with E-state index in [4.69, 9.17) is 21.1 Å². The van der Waals surface area contributed by atoms with Gasteiger partial charge in [-0.25, -0.2) is 9.78 Å². The van der Waals surface area contributed by atoms with Crippen LogP contribution in [0.3, 0.4) is 0 Å². The molecule has 0 aliphatic carbocycles. The van der Waals surface area contributed by atoms with E-state index in [1.165, 1.54) is 24.0 Å². The zero-order chi connectivity index (χ0) is 12.4. The van der Waals surface area contributed by atoms with Crippen molar-refractivity contribution >= 4 is 29.3 Å². The minimum atomic E-state index is -1.07. The molecule has 0 amide bonds. The third kappa shape index (κ3) is 2.45. The average molecular weight is 270 g/mol. The van der Waals surface area contributed by atoms with Crippen LogP contribution in [-0.4, -0.2) is 16.1 Å². The molecule has 2 heterocycles. The minimum Gasteiger partial charge on any atom is -0.478 e. The fourth-order valence-electron chi connectivity index (χ4n) is 1.24. The van der Waals surface area contributed by atoms with E-state index < -0.39 is 5.97 Å². The number of pyridine rings is 1. The number of hydrogen-bond donors (Lipinski definition) is 1. The number of aromatic nitrogens is 1. The van der Waals surface area contributed by atoms with Crippen molar-refractivity contribution in [2.45, 2.75) is 16.8 Å². The standard InChI is InChI=1S/C11H8ClNO3S/c1-6-8(3-5-16-6)17-10-9(12)7(11(14)15)2-4-13-10/h2-5H,1H3,(H,14,15). The van der Waals surface area contributed by atoms with Crippen molar-refractivity contribution < 1.29 is 14.3 Å². The average Bonchev–Trinajstić information content (AvgIpc) is 2.67. The van der Waals surface area contributed by atoms with Crippen LogP contribution in [0.4, 0.5) is 0 Å². The molecule has 0 aromatic carbocycles. The maximum absolute atomic E-state index is 10.9. The highest BCUT2D eigenvalue weighted by molar-refractivity contribution is 7.99. The molecule has 1 N–H and O–H groups in total. The summed E-state index contributed by atoms with van der Waals surface area (Å²) in [5.74, 6) is -0.322. The molecule has 2 rings (SSSR count). The van der Waals surface area contributed by atoms with E-state index in [-0.39, 0.29) is 10.6 Å². The lowest BCUT2D eigenvalue weighted by molar-refractivity contribution is 0.0696. The summed E-state index contributed by atoms with van der Waals surface area (Å²) >= 11 is 7.26. The Bertz CT molecular complexity index is 568. The Kier molecular flexibility index (Phi) is 3.40. The van der Waals surface area contributed by atoms with Gasteiger partial charge in [0.15, 0.2) is 0 Å². The van der Waals surface area contributed by atoms with Crippen molar-refractivity contribution in [2.24, 2.45) is 0 Å². The van der Waals surface area contributed by atoms with E-state index in [9.17, 15) is 4.79 Å². The number of nitrogens with zero attached hydrogens (tertiary/aromatic N) is 1. The van der Waals surface area contributed by atoms with Crippen LogP contribution in [0.15, 0.2) is 38.9 Å². The molecule has 88 valence electrons. The molecule has 2 aromatic heterocycles.